The molecule has 1 aromatic heterocycles. The molecule has 23 heteroatoms. The molecule has 0 radical (unpaired) electrons. The van der Waals surface area contributed by atoms with Gasteiger partial charge in [-0.15, -0.1) is 0 Å². The number of aromatic nitrogens is 2. The van der Waals surface area contributed by atoms with Gasteiger partial charge in [-0.1, -0.05) is 60.7 Å². The van der Waals surface area contributed by atoms with Crippen LogP contribution in [0.1, 0.15) is 65.0 Å². The summed E-state index contributed by atoms with van der Waals surface area (Å²) < 4.78 is 80.2. The molecule has 3 aromatic rings. The summed E-state index contributed by atoms with van der Waals surface area (Å²) in [5.41, 5.74) is 0.250. The Kier molecular flexibility index (Phi) is 21.9. The maximum Gasteiger partial charge on any atom is 0.659 e. The predicted octanol–water partition coefficient (Wildman–Crippen LogP) is 6.60. The minimum absolute atomic E-state index is 0.0568. The van der Waals surface area contributed by atoms with E-state index in [0.29, 0.717) is 0 Å². The highest BCUT2D eigenvalue weighted by Crippen LogP contribution is 2.50. The van der Waals surface area contributed by atoms with E-state index in [1.807, 2.05) is 128 Å². The van der Waals surface area contributed by atoms with Crippen LogP contribution in [-0.4, -0.2) is 129 Å². The highest BCUT2D eigenvalue weighted by Gasteiger charge is 2.57. The van der Waals surface area contributed by atoms with Crippen molar-refractivity contribution in [2.75, 3.05) is 40.1 Å². The first-order valence-corrected chi connectivity index (χ1v) is 31.8. The molecule has 0 aliphatic carbocycles. The number of rotatable bonds is 28. The van der Waals surface area contributed by atoms with Crippen LogP contribution in [-0.2, 0) is 64.1 Å². The molecule has 67 heavy (non-hydrogen) atoms. The second kappa shape index (κ2) is 26.1. The van der Waals surface area contributed by atoms with Crippen LogP contribution in [0.5, 0.6) is 0 Å². The van der Waals surface area contributed by atoms with E-state index < -0.39 is 94.5 Å². The van der Waals surface area contributed by atoms with Crippen LogP contribution in [0.15, 0.2) is 82.5 Å². The number of esters is 2. The average Bonchev–Trinajstić information content (AvgIpc) is 3.56. The summed E-state index contributed by atoms with van der Waals surface area (Å²) in [6.07, 6.45) is -4.23. The number of carbonyl (C=O) groups is 2. The van der Waals surface area contributed by atoms with Crippen molar-refractivity contribution in [3.63, 3.8) is 0 Å². The molecule has 0 amide bonds. The van der Waals surface area contributed by atoms with Crippen molar-refractivity contribution in [3.05, 3.63) is 105 Å². The Balaban J connectivity index is 1.91. The summed E-state index contributed by atoms with van der Waals surface area (Å²) in [6.45, 7) is 20.3. The Labute approximate surface area is 398 Å². The van der Waals surface area contributed by atoms with Gasteiger partial charge < -0.3 is 54.6 Å². The molecular weight excluding hydrogens is 942 g/mol. The first kappa shape index (κ1) is 56.3. The smallest absolute Gasteiger partial charge is 0.463 e. The van der Waals surface area contributed by atoms with E-state index in [4.69, 9.17) is 54.6 Å². The van der Waals surface area contributed by atoms with Crippen molar-refractivity contribution in [2.24, 2.45) is 0 Å². The third-order valence-electron chi connectivity index (χ3n) is 9.33. The molecule has 1 aliphatic rings. The fourth-order valence-corrected chi connectivity index (χ4v) is 17.0. The van der Waals surface area contributed by atoms with Crippen molar-refractivity contribution in [2.45, 2.75) is 130 Å². The molecule has 1 fully saturated rings. The van der Waals surface area contributed by atoms with Crippen LogP contribution < -0.4 is 11.2 Å². The molecule has 374 valence electrons. The molecule has 19 nitrogen and oxygen atoms in total. The molecule has 1 N–H and O–H groups in total. The highest BCUT2D eigenvalue weighted by atomic mass is 31.2. The molecule has 3 unspecified atom stereocenters. The maximum absolute atomic E-state index is 13.7. The Bertz CT molecular complexity index is 2000. The van der Waals surface area contributed by atoms with E-state index in [-0.39, 0.29) is 45.1 Å². The lowest BCUT2D eigenvalue weighted by atomic mass is 10.0. The lowest BCUT2D eigenvalue weighted by Gasteiger charge is -2.41. The minimum atomic E-state index is -4.27. The van der Waals surface area contributed by atoms with Gasteiger partial charge in [-0.25, -0.2) is 9.46 Å². The zero-order valence-corrected chi connectivity index (χ0v) is 44.9. The maximum atomic E-state index is 13.7. The number of hydrogen-bond donors (Lipinski definition) is 1. The normalized spacial score (nSPS) is 18.7. The van der Waals surface area contributed by atoms with Gasteiger partial charge in [0.25, 0.3) is 20.6 Å². The number of aromatic amines is 1. The molecule has 2 aromatic carbocycles. The lowest BCUT2D eigenvalue weighted by Crippen LogP contribution is -2.60. The highest BCUT2D eigenvalue weighted by molar-refractivity contribution is 7.44. The fourth-order valence-electron chi connectivity index (χ4n) is 6.97. The van der Waals surface area contributed by atoms with Crippen LogP contribution in [0, 0.1) is 0 Å². The van der Waals surface area contributed by atoms with Gasteiger partial charge in [-0.2, -0.15) is 0 Å². The van der Waals surface area contributed by atoms with Gasteiger partial charge in [0.1, 0.15) is 37.6 Å². The SMILES string of the molecule is COP(OC1C(OC(OCCOC(C)=O)OCCOC(C)=O)[C@H](n2ccc(=O)[nH]c2=O)O[C@@H]1CO[Si](OC(c1ccccc1)c1ccccc1)(O[Si](C)(C)C)O[Si](C)(C)C)N(C(C)C)C(C)C. The van der Waals surface area contributed by atoms with E-state index in [0.717, 1.165) is 15.7 Å². The quantitative estimate of drug-likeness (QED) is 0.0268. The van der Waals surface area contributed by atoms with Gasteiger partial charge in [0, 0.05) is 45.3 Å². The number of carbonyl (C=O) groups excluding carboxylic acids is 2. The summed E-state index contributed by atoms with van der Waals surface area (Å²) >= 11 is 0. The second-order valence-corrected chi connectivity index (χ2v) is 31.1. The average molecular weight is 1010 g/mol. The number of H-pyrrole nitrogens is 1. The first-order chi connectivity index (χ1) is 31.5. The Morgan fingerprint density at radius 1 is 0.761 bits per heavy atom. The molecule has 2 heterocycles. The third kappa shape index (κ3) is 18.2. The molecule has 0 saturated carbocycles. The van der Waals surface area contributed by atoms with Crippen molar-refractivity contribution >= 4 is 46.1 Å². The third-order valence-corrected chi connectivity index (χ3v) is 19.3. The molecular formula is C44H70N3O16PSi3. The first-order valence-electron chi connectivity index (χ1n) is 22.2. The molecule has 0 bridgehead atoms. The standard InChI is InChI=1S/C44H70N3O16PSi3/c1-31(2)47(32(3)4)64(52-7)60-40-37(30-57-67(62-65(8,9)10,63-66(11,12)13)61-39(35-20-16-14-17-21-35)36-22-18-15-19-23-36)58-42(46-25-24-38(50)45-43(46)51)41(40)59-44(55-28-26-53-33(5)48)56-29-27-54-34(6)49/h14-25,31-32,37,39-42,44H,26-30H2,1-13H3,(H,45,50,51)/t37-,40?,41?,42-,64?/m1/s1. The molecule has 4 rings (SSSR count). The summed E-state index contributed by atoms with van der Waals surface area (Å²) in [6, 6.07) is 20.5. The zero-order valence-electron chi connectivity index (χ0n) is 41.0. The van der Waals surface area contributed by atoms with Gasteiger partial charge in [-0.3, -0.25) is 23.9 Å². The van der Waals surface area contributed by atoms with Gasteiger partial charge in [0.05, 0.1) is 19.8 Å². The number of hydrogen-bond acceptors (Lipinski definition) is 17. The second-order valence-electron chi connectivity index (χ2n) is 18.0. The van der Waals surface area contributed by atoms with E-state index in [1.54, 1.807) is 0 Å². The molecule has 5 atom stereocenters. The summed E-state index contributed by atoms with van der Waals surface area (Å²) in [4.78, 5) is 51.6. The van der Waals surface area contributed by atoms with Crippen molar-refractivity contribution < 1.29 is 64.1 Å². The summed E-state index contributed by atoms with van der Waals surface area (Å²) in [5, 5.41) is 0. The van der Waals surface area contributed by atoms with Crippen molar-refractivity contribution in [3.8, 4) is 0 Å². The Morgan fingerprint density at radius 3 is 1.70 bits per heavy atom. The van der Waals surface area contributed by atoms with Crippen LogP contribution in [0.2, 0.25) is 39.3 Å². The van der Waals surface area contributed by atoms with Crippen LogP contribution in [0.25, 0.3) is 0 Å². The van der Waals surface area contributed by atoms with Crippen LogP contribution >= 0.6 is 8.53 Å². The van der Waals surface area contributed by atoms with Gasteiger partial charge in [0.15, 0.2) is 22.9 Å². The van der Waals surface area contributed by atoms with Crippen LogP contribution in [0.4, 0.5) is 0 Å². The zero-order chi connectivity index (χ0) is 49.5. The van der Waals surface area contributed by atoms with E-state index in [9.17, 15) is 19.2 Å². The van der Waals surface area contributed by atoms with E-state index in [2.05, 4.69) is 9.65 Å². The van der Waals surface area contributed by atoms with Crippen molar-refractivity contribution in [1.29, 1.82) is 0 Å². The molecule has 0 spiro atoms. The Hall–Kier alpha value is -3.30. The number of ether oxygens (including phenoxy) is 6. The molecule has 1 aliphatic heterocycles. The lowest BCUT2D eigenvalue weighted by molar-refractivity contribution is -0.320. The predicted molar refractivity (Wildman–Crippen MR) is 256 cm³/mol. The largest absolute Gasteiger partial charge is 0.659 e. The summed E-state index contributed by atoms with van der Waals surface area (Å²) in [7, 11) is -9.77. The molecule has 1 saturated heterocycles. The fraction of sp³-hybridized carbons (Fsp3) is 0.591. The van der Waals surface area contributed by atoms with E-state index >= 15 is 0 Å². The monoisotopic (exact) mass is 1010 g/mol. The Morgan fingerprint density at radius 2 is 1.27 bits per heavy atom. The topological polar surface area (TPSA) is 203 Å². The van der Waals surface area contributed by atoms with Gasteiger partial charge in [-0.05, 0) is 78.1 Å². The van der Waals surface area contributed by atoms with Gasteiger partial charge >= 0.3 is 26.7 Å². The van der Waals surface area contributed by atoms with Crippen LogP contribution in [0.3, 0.4) is 0 Å². The van der Waals surface area contributed by atoms with E-state index in [1.165, 1.54) is 33.2 Å². The van der Waals surface area contributed by atoms with Crippen molar-refractivity contribution in [1.82, 2.24) is 14.2 Å². The van der Waals surface area contributed by atoms with Gasteiger partial charge in [0.2, 0.25) is 0 Å². The minimum Gasteiger partial charge on any atom is -0.463 e. The summed E-state index contributed by atoms with van der Waals surface area (Å²) in [5.74, 6) is -1.05. The number of benzene rings is 2. The number of nitrogens with one attached hydrogen (secondary N) is 1. The number of nitrogens with zero attached hydrogens (tertiary/aromatic N) is 2.